The second-order valence-electron chi connectivity index (χ2n) is 11.2. The molecule has 3 aromatic carbocycles. The maximum absolute atomic E-state index is 5.72. The molecule has 3 heterocycles. The van der Waals surface area contributed by atoms with Crippen molar-refractivity contribution in [1.29, 1.82) is 0 Å². The second-order valence-corrected chi connectivity index (χ2v) is 12.1. The fourth-order valence-corrected chi connectivity index (χ4v) is 6.76. The first-order chi connectivity index (χ1) is 21.1. The molecule has 0 amide bonds. The van der Waals surface area contributed by atoms with Crippen LogP contribution in [-0.2, 0) is 26.1 Å². The first kappa shape index (κ1) is 29.1. The number of methoxy groups -OCH3 is 2. The van der Waals surface area contributed by atoms with E-state index < -0.39 is 0 Å². The summed E-state index contributed by atoms with van der Waals surface area (Å²) in [7, 11) is 3.37. The van der Waals surface area contributed by atoms with E-state index >= 15 is 0 Å². The van der Waals surface area contributed by atoms with Crippen LogP contribution in [-0.4, -0.2) is 48.9 Å². The van der Waals surface area contributed by atoms with E-state index in [-0.39, 0.29) is 6.79 Å². The smallest absolute Gasteiger partial charge is 0.231 e. The highest BCUT2D eigenvalue weighted by molar-refractivity contribution is 7.09. The monoisotopic (exact) mass is 597 g/mol. The molecule has 224 valence electrons. The summed E-state index contributed by atoms with van der Waals surface area (Å²) in [6.45, 7) is 8.88. The molecule has 2 aliphatic rings. The predicted molar refractivity (Wildman–Crippen MR) is 171 cm³/mol. The molecule has 0 bridgehead atoms. The molecule has 0 aliphatic carbocycles. The summed E-state index contributed by atoms with van der Waals surface area (Å²) in [4.78, 5) is 9.85. The van der Waals surface area contributed by atoms with E-state index in [1.165, 1.54) is 18.4 Å². The van der Waals surface area contributed by atoms with Crippen LogP contribution in [0.5, 0.6) is 23.0 Å². The van der Waals surface area contributed by atoms with Gasteiger partial charge in [-0.1, -0.05) is 49.0 Å². The van der Waals surface area contributed by atoms with E-state index in [9.17, 15) is 0 Å². The van der Waals surface area contributed by atoms with Crippen LogP contribution in [0.2, 0.25) is 0 Å². The molecule has 0 atom stereocenters. The van der Waals surface area contributed by atoms with Crippen molar-refractivity contribution in [1.82, 2.24) is 14.8 Å². The number of likely N-dealkylation sites (tertiary alicyclic amines) is 1. The predicted octanol–water partition coefficient (Wildman–Crippen LogP) is 7.02. The minimum atomic E-state index is 0.266. The molecular formula is C35H39N3O4S. The van der Waals surface area contributed by atoms with Crippen LogP contribution in [0.4, 0.5) is 0 Å². The Morgan fingerprint density at radius 3 is 2.53 bits per heavy atom. The molecule has 6 rings (SSSR count). The number of nitrogens with zero attached hydrogens (tertiary/aromatic N) is 3. The van der Waals surface area contributed by atoms with Crippen molar-refractivity contribution < 1.29 is 18.9 Å². The van der Waals surface area contributed by atoms with Crippen molar-refractivity contribution >= 4 is 17.0 Å². The number of piperidine rings is 1. The second kappa shape index (κ2) is 13.5. The van der Waals surface area contributed by atoms with Crippen LogP contribution < -0.4 is 18.9 Å². The van der Waals surface area contributed by atoms with Gasteiger partial charge in [-0.05, 0) is 54.5 Å². The first-order valence-corrected chi connectivity index (χ1v) is 15.7. The summed E-state index contributed by atoms with van der Waals surface area (Å²) in [5.74, 6) is 3.88. The lowest BCUT2D eigenvalue weighted by atomic mass is 9.90. The number of rotatable bonds is 12. The summed E-state index contributed by atoms with van der Waals surface area (Å²) in [6, 6.07) is 23.0. The quantitative estimate of drug-likeness (QED) is 0.174. The Bertz CT molecular complexity index is 1530. The fourth-order valence-electron chi connectivity index (χ4n) is 5.91. The number of hydrogen-bond donors (Lipinski definition) is 0. The van der Waals surface area contributed by atoms with Crippen LogP contribution >= 0.6 is 11.3 Å². The maximum atomic E-state index is 5.72. The van der Waals surface area contributed by atoms with Gasteiger partial charge in [0.25, 0.3) is 0 Å². The zero-order chi connectivity index (χ0) is 29.6. The van der Waals surface area contributed by atoms with Crippen molar-refractivity contribution in [2.75, 3.05) is 34.1 Å². The Kier molecular flexibility index (Phi) is 9.15. The minimum absolute atomic E-state index is 0.266. The third-order valence-electron chi connectivity index (χ3n) is 8.30. The van der Waals surface area contributed by atoms with E-state index in [2.05, 4.69) is 70.3 Å². The lowest BCUT2D eigenvalue weighted by molar-refractivity contribution is 0.174. The fraction of sp³-hybridized carbons (Fsp3) is 0.343. The molecule has 0 spiro atoms. The summed E-state index contributed by atoms with van der Waals surface area (Å²) in [5.41, 5.74) is 5.67. The Balaban J connectivity index is 1.13. The standard InChI is InChI=1S/C35H39N3O4S/c1-25(38-15-13-27(14-16-38)17-26-7-5-4-6-8-26)31-23-43-35(36-31)22-37(20-28-9-12-32-34(18-28)42-24-41-32)21-29-10-11-30(39-2)19-33(29)40-3/h4-12,18-19,23,27H,1,13-17,20-22,24H2,2-3H3. The van der Waals surface area contributed by atoms with Crippen LogP contribution in [0, 0.1) is 5.92 Å². The molecule has 0 radical (unpaired) electrons. The van der Waals surface area contributed by atoms with E-state index in [0.717, 1.165) is 82.5 Å². The van der Waals surface area contributed by atoms with Crippen LogP contribution in [0.3, 0.4) is 0 Å². The molecule has 0 N–H and O–H groups in total. The van der Waals surface area contributed by atoms with Gasteiger partial charge in [-0.3, -0.25) is 4.90 Å². The van der Waals surface area contributed by atoms with Crippen LogP contribution in [0.25, 0.3) is 5.70 Å². The van der Waals surface area contributed by atoms with Crippen molar-refractivity contribution in [2.24, 2.45) is 5.92 Å². The zero-order valence-electron chi connectivity index (χ0n) is 25.0. The Labute approximate surface area is 258 Å². The van der Waals surface area contributed by atoms with Crippen molar-refractivity contribution in [3.05, 3.63) is 106 Å². The summed E-state index contributed by atoms with van der Waals surface area (Å²) in [6.07, 6.45) is 3.51. The van der Waals surface area contributed by atoms with Gasteiger partial charge in [-0.25, -0.2) is 4.98 Å². The zero-order valence-corrected chi connectivity index (χ0v) is 25.8. The molecule has 8 heteroatoms. The molecule has 0 saturated carbocycles. The lowest BCUT2D eigenvalue weighted by Gasteiger charge is -2.34. The Morgan fingerprint density at radius 2 is 1.74 bits per heavy atom. The van der Waals surface area contributed by atoms with E-state index in [4.69, 9.17) is 23.9 Å². The topological polar surface area (TPSA) is 56.3 Å². The van der Waals surface area contributed by atoms with Crippen molar-refractivity contribution in [2.45, 2.75) is 38.9 Å². The van der Waals surface area contributed by atoms with Gasteiger partial charge < -0.3 is 23.8 Å². The van der Waals surface area contributed by atoms with Gasteiger partial charge in [0, 0.05) is 43.2 Å². The number of benzene rings is 3. The molecule has 2 aliphatic heterocycles. The Morgan fingerprint density at radius 1 is 0.930 bits per heavy atom. The largest absolute Gasteiger partial charge is 0.497 e. The maximum Gasteiger partial charge on any atom is 0.231 e. The summed E-state index contributed by atoms with van der Waals surface area (Å²) in [5, 5.41) is 3.21. The number of fused-ring (bicyclic) bond motifs is 1. The molecule has 0 unspecified atom stereocenters. The van der Waals surface area contributed by atoms with Gasteiger partial charge in [0.15, 0.2) is 11.5 Å². The van der Waals surface area contributed by atoms with Gasteiger partial charge in [0.1, 0.15) is 16.5 Å². The van der Waals surface area contributed by atoms with Crippen LogP contribution in [0.1, 0.15) is 40.2 Å². The molecular weight excluding hydrogens is 558 g/mol. The number of thiazole rings is 1. The van der Waals surface area contributed by atoms with E-state index in [1.807, 2.05) is 18.2 Å². The third-order valence-corrected chi connectivity index (χ3v) is 9.13. The third kappa shape index (κ3) is 7.14. The molecule has 1 saturated heterocycles. The van der Waals surface area contributed by atoms with Gasteiger partial charge in [-0.2, -0.15) is 0 Å². The molecule has 7 nitrogen and oxygen atoms in total. The van der Waals surface area contributed by atoms with Gasteiger partial charge in [0.2, 0.25) is 6.79 Å². The lowest BCUT2D eigenvalue weighted by Crippen LogP contribution is -2.33. The highest BCUT2D eigenvalue weighted by Gasteiger charge is 2.23. The SMILES string of the molecule is C=C(c1csc(CN(Cc2ccc3c(c2)OCO3)Cc2ccc(OC)cc2OC)n1)N1CCC(Cc2ccccc2)CC1. The molecule has 1 fully saturated rings. The average molecular weight is 598 g/mol. The summed E-state index contributed by atoms with van der Waals surface area (Å²) >= 11 is 1.69. The van der Waals surface area contributed by atoms with Gasteiger partial charge >= 0.3 is 0 Å². The Hall–Kier alpha value is -4.01. The van der Waals surface area contributed by atoms with Crippen molar-refractivity contribution in [3.8, 4) is 23.0 Å². The highest BCUT2D eigenvalue weighted by atomic mass is 32.1. The average Bonchev–Trinajstić information content (AvgIpc) is 3.71. The molecule has 4 aromatic rings. The van der Waals surface area contributed by atoms with Crippen LogP contribution in [0.15, 0.2) is 78.7 Å². The van der Waals surface area contributed by atoms with E-state index in [0.29, 0.717) is 13.1 Å². The highest BCUT2D eigenvalue weighted by Crippen LogP contribution is 2.34. The number of aromatic nitrogens is 1. The first-order valence-electron chi connectivity index (χ1n) is 14.8. The van der Waals surface area contributed by atoms with Gasteiger partial charge in [-0.15, -0.1) is 11.3 Å². The van der Waals surface area contributed by atoms with E-state index in [1.54, 1.807) is 25.6 Å². The normalized spacial score (nSPS) is 14.7. The molecule has 1 aromatic heterocycles. The number of ether oxygens (including phenoxy) is 4. The number of hydrogen-bond acceptors (Lipinski definition) is 8. The van der Waals surface area contributed by atoms with Gasteiger partial charge in [0.05, 0.1) is 32.2 Å². The minimum Gasteiger partial charge on any atom is -0.497 e. The summed E-state index contributed by atoms with van der Waals surface area (Å²) < 4.78 is 22.3. The van der Waals surface area contributed by atoms with Crippen molar-refractivity contribution in [3.63, 3.8) is 0 Å². The molecule has 43 heavy (non-hydrogen) atoms.